The molecular weight excluding hydrogens is 252 g/mol. The summed E-state index contributed by atoms with van der Waals surface area (Å²) in [6.45, 7) is 3.15. The lowest BCUT2D eigenvalue weighted by molar-refractivity contribution is 0.0946. The zero-order valence-electron chi connectivity index (χ0n) is 11.3. The molecule has 0 saturated carbocycles. The molecule has 1 aliphatic rings. The van der Waals surface area contributed by atoms with Crippen LogP contribution in [-0.2, 0) is 13.0 Å². The molecule has 1 amide bonds. The van der Waals surface area contributed by atoms with Crippen LogP contribution in [0.4, 0.5) is 0 Å². The van der Waals surface area contributed by atoms with Crippen LogP contribution in [-0.4, -0.2) is 17.4 Å². The Morgan fingerprint density at radius 1 is 1.35 bits per heavy atom. The highest BCUT2D eigenvalue weighted by Crippen LogP contribution is 2.21. The van der Waals surface area contributed by atoms with Crippen molar-refractivity contribution in [1.29, 1.82) is 0 Å². The van der Waals surface area contributed by atoms with Gasteiger partial charge in [-0.25, -0.2) is 0 Å². The Morgan fingerprint density at radius 2 is 2.25 bits per heavy atom. The Hall–Kier alpha value is -2.36. The first-order valence-corrected chi connectivity index (χ1v) is 6.68. The molecule has 1 aromatic heterocycles. The largest absolute Gasteiger partial charge is 0.487 e. The van der Waals surface area contributed by atoms with Crippen LogP contribution < -0.4 is 10.1 Å². The fourth-order valence-corrected chi connectivity index (χ4v) is 2.32. The van der Waals surface area contributed by atoms with Gasteiger partial charge in [-0.1, -0.05) is 6.07 Å². The topological polar surface area (TPSA) is 51.2 Å². The molecule has 0 aliphatic carbocycles. The fraction of sp³-hybridized carbons (Fsp3) is 0.250. The molecule has 0 atom stereocenters. The van der Waals surface area contributed by atoms with Gasteiger partial charge in [0, 0.05) is 18.3 Å². The van der Waals surface area contributed by atoms with Crippen molar-refractivity contribution in [3.8, 4) is 5.75 Å². The number of amides is 1. The zero-order chi connectivity index (χ0) is 13.9. The number of carbonyl (C=O) groups is 1. The number of fused-ring (bicyclic) bond motifs is 1. The summed E-state index contributed by atoms with van der Waals surface area (Å²) < 4.78 is 5.78. The minimum atomic E-state index is -0.00151. The first kappa shape index (κ1) is 12.7. The van der Waals surface area contributed by atoms with Crippen LogP contribution in [0.2, 0.25) is 0 Å². The van der Waals surface area contributed by atoms with Gasteiger partial charge in [0.25, 0.3) is 5.91 Å². The number of hydrogen-bond acceptors (Lipinski definition) is 3. The molecule has 0 spiro atoms. The van der Waals surface area contributed by atoms with Crippen molar-refractivity contribution in [3.05, 3.63) is 58.9 Å². The Labute approximate surface area is 117 Å². The number of rotatable bonds is 3. The summed E-state index contributed by atoms with van der Waals surface area (Å²) in [6.07, 6.45) is 2.61. The van der Waals surface area contributed by atoms with Gasteiger partial charge >= 0.3 is 0 Å². The highest BCUT2D eigenvalue weighted by Gasteiger charge is 2.16. The maximum atomic E-state index is 11.7. The van der Waals surface area contributed by atoms with Gasteiger partial charge in [-0.3, -0.25) is 9.78 Å². The van der Waals surface area contributed by atoms with Gasteiger partial charge in [0.15, 0.2) is 0 Å². The van der Waals surface area contributed by atoms with Gasteiger partial charge in [0.05, 0.1) is 5.69 Å². The maximum Gasteiger partial charge on any atom is 0.251 e. The molecule has 2 aromatic rings. The van der Waals surface area contributed by atoms with E-state index in [1.807, 2.05) is 37.3 Å². The smallest absolute Gasteiger partial charge is 0.251 e. The molecule has 4 nitrogen and oxygen atoms in total. The lowest BCUT2D eigenvalue weighted by Crippen LogP contribution is -2.31. The van der Waals surface area contributed by atoms with Crippen LogP contribution >= 0.6 is 0 Å². The molecule has 0 bridgehead atoms. The molecule has 4 heteroatoms. The molecule has 2 heterocycles. The number of nitrogens with one attached hydrogen (secondary N) is 1. The van der Waals surface area contributed by atoms with Crippen molar-refractivity contribution >= 4 is 5.91 Å². The highest BCUT2D eigenvalue weighted by atomic mass is 16.5. The maximum absolute atomic E-state index is 11.7. The number of aromatic nitrogens is 1. The molecule has 0 unspecified atom stereocenters. The number of pyridine rings is 1. The second-order valence-corrected chi connectivity index (χ2v) is 4.88. The van der Waals surface area contributed by atoms with E-state index in [-0.39, 0.29) is 5.91 Å². The zero-order valence-corrected chi connectivity index (χ0v) is 11.3. The molecular formula is C16H16N2O2. The fourth-order valence-electron chi connectivity index (χ4n) is 2.32. The molecule has 0 radical (unpaired) electrons. The SMILES string of the molecule is Cc1cccnc1COc1ccc2c(c1)CCNC2=O. The van der Waals surface area contributed by atoms with Crippen molar-refractivity contribution in [2.24, 2.45) is 0 Å². The van der Waals surface area contributed by atoms with Gasteiger partial charge in [-0.05, 0) is 48.7 Å². The van der Waals surface area contributed by atoms with E-state index in [0.717, 1.165) is 34.6 Å². The number of carbonyl (C=O) groups excluding carboxylic acids is 1. The number of aryl methyl sites for hydroxylation is 1. The van der Waals surface area contributed by atoms with E-state index in [2.05, 4.69) is 10.3 Å². The first-order chi connectivity index (χ1) is 9.74. The van der Waals surface area contributed by atoms with E-state index >= 15 is 0 Å². The molecule has 0 saturated heterocycles. The van der Waals surface area contributed by atoms with E-state index in [0.29, 0.717) is 13.2 Å². The molecule has 1 aliphatic heterocycles. The summed E-state index contributed by atoms with van der Waals surface area (Å²) in [7, 11) is 0. The minimum absolute atomic E-state index is 0.00151. The number of nitrogens with zero attached hydrogens (tertiary/aromatic N) is 1. The van der Waals surface area contributed by atoms with Gasteiger partial charge in [0.1, 0.15) is 12.4 Å². The van der Waals surface area contributed by atoms with Crippen molar-refractivity contribution in [1.82, 2.24) is 10.3 Å². The van der Waals surface area contributed by atoms with E-state index in [9.17, 15) is 4.79 Å². The quantitative estimate of drug-likeness (QED) is 0.929. The summed E-state index contributed by atoms with van der Waals surface area (Å²) in [6, 6.07) is 9.54. The molecule has 102 valence electrons. The Morgan fingerprint density at radius 3 is 3.10 bits per heavy atom. The van der Waals surface area contributed by atoms with Crippen LogP contribution in [0.25, 0.3) is 0 Å². The summed E-state index contributed by atoms with van der Waals surface area (Å²) in [5.74, 6) is 0.780. The van der Waals surface area contributed by atoms with Crippen LogP contribution in [0.15, 0.2) is 36.5 Å². The molecule has 20 heavy (non-hydrogen) atoms. The second-order valence-electron chi connectivity index (χ2n) is 4.88. The lowest BCUT2D eigenvalue weighted by Gasteiger charge is -2.17. The molecule has 1 N–H and O–H groups in total. The van der Waals surface area contributed by atoms with Gasteiger partial charge < -0.3 is 10.1 Å². The summed E-state index contributed by atoms with van der Waals surface area (Å²) >= 11 is 0. The minimum Gasteiger partial charge on any atom is -0.487 e. The summed E-state index contributed by atoms with van der Waals surface area (Å²) in [5, 5.41) is 2.83. The number of hydrogen-bond donors (Lipinski definition) is 1. The average Bonchev–Trinajstić information content (AvgIpc) is 2.46. The van der Waals surface area contributed by atoms with Crippen LogP contribution in [0.3, 0.4) is 0 Å². The van der Waals surface area contributed by atoms with Gasteiger partial charge in [0.2, 0.25) is 0 Å². The lowest BCUT2D eigenvalue weighted by atomic mass is 10.0. The van der Waals surface area contributed by atoms with Gasteiger partial charge in [-0.15, -0.1) is 0 Å². The third-order valence-electron chi connectivity index (χ3n) is 3.49. The van der Waals surface area contributed by atoms with Crippen molar-refractivity contribution in [2.75, 3.05) is 6.54 Å². The van der Waals surface area contributed by atoms with Crippen LogP contribution in [0.5, 0.6) is 5.75 Å². The Balaban J connectivity index is 1.76. The second kappa shape index (κ2) is 5.33. The van der Waals surface area contributed by atoms with Crippen molar-refractivity contribution in [3.63, 3.8) is 0 Å². The molecule has 1 aromatic carbocycles. The predicted octanol–water partition coefficient (Wildman–Crippen LogP) is 2.25. The van der Waals surface area contributed by atoms with Crippen molar-refractivity contribution < 1.29 is 9.53 Å². The third kappa shape index (κ3) is 2.50. The predicted molar refractivity (Wildman–Crippen MR) is 75.8 cm³/mol. The number of benzene rings is 1. The highest BCUT2D eigenvalue weighted by molar-refractivity contribution is 5.96. The Bertz CT molecular complexity index is 653. The third-order valence-corrected chi connectivity index (χ3v) is 3.49. The average molecular weight is 268 g/mol. The molecule has 3 rings (SSSR count). The molecule has 0 fully saturated rings. The van der Waals surface area contributed by atoms with E-state index in [4.69, 9.17) is 4.74 Å². The summed E-state index contributed by atoms with van der Waals surface area (Å²) in [5.41, 5.74) is 3.84. The Kier molecular flexibility index (Phi) is 3.37. The number of ether oxygens (including phenoxy) is 1. The van der Waals surface area contributed by atoms with E-state index < -0.39 is 0 Å². The standard InChI is InChI=1S/C16H16N2O2/c1-11-3-2-7-17-15(11)10-20-13-4-5-14-12(9-13)6-8-18-16(14)19/h2-5,7,9H,6,8,10H2,1H3,(H,18,19). The normalized spacial score (nSPS) is 13.6. The van der Waals surface area contributed by atoms with E-state index in [1.165, 1.54) is 0 Å². The summed E-state index contributed by atoms with van der Waals surface area (Å²) in [4.78, 5) is 16.0. The van der Waals surface area contributed by atoms with Crippen LogP contribution in [0, 0.1) is 6.92 Å². The van der Waals surface area contributed by atoms with Gasteiger partial charge in [-0.2, -0.15) is 0 Å². The first-order valence-electron chi connectivity index (χ1n) is 6.68. The van der Waals surface area contributed by atoms with Crippen LogP contribution in [0.1, 0.15) is 27.2 Å². The van der Waals surface area contributed by atoms with E-state index in [1.54, 1.807) is 6.20 Å². The monoisotopic (exact) mass is 268 g/mol. The van der Waals surface area contributed by atoms with Crippen molar-refractivity contribution in [2.45, 2.75) is 20.0 Å².